The van der Waals surface area contributed by atoms with E-state index in [1.54, 1.807) is 0 Å². The third kappa shape index (κ3) is 2.42. The molecule has 0 aliphatic carbocycles. The second kappa shape index (κ2) is 5.02. The van der Waals surface area contributed by atoms with Crippen molar-refractivity contribution in [3.8, 4) is 10.4 Å². The Kier molecular flexibility index (Phi) is 3.64. The highest BCUT2D eigenvalue weighted by molar-refractivity contribution is 7.15. The summed E-state index contributed by atoms with van der Waals surface area (Å²) in [6.07, 6.45) is 3.09. The molecule has 0 bridgehead atoms. The molecule has 1 atom stereocenters. The van der Waals surface area contributed by atoms with Crippen molar-refractivity contribution in [3.05, 3.63) is 28.9 Å². The summed E-state index contributed by atoms with van der Waals surface area (Å²) in [6, 6.07) is 4.81. The van der Waals surface area contributed by atoms with Gasteiger partial charge in [-0.05, 0) is 32.5 Å². The van der Waals surface area contributed by atoms with Gasteiger partial charge in [0.1, 0.15) is 0 Å². The van der Waals surface area contributed by atoms with E-state index in [1.165, 1.54) is 21.0 Å². The largest absolute Gasteiger partial charge is 0.313 e. The molecule has 4 heteroatoms. The maximum Gasteiger partial charge on any atom is 0.0708 e. The van der Waals surface area contributed by atoms with Crippen LogP contribution < -0.4 is 5.32 Å². The molecule has 0 amide bonds. The normalized spacial score (nSPS) is 12.9. The maximum atomic E-state index is 4.49. The van der Waals surface area contributed by atoms with E-state index in [2.05, 4.69) is 42.6 Å². The molecular weight excluding hydrogens is 230 g/mol. The summed E-state index contributed by atoms with van der Waals surface area (Å²) in [7, 11) is 3.97. The summed E-state index contributed by atoms with van der Waals surface area (Å²) < 4.78 is 1.90. The molecule has 92 valence electrons. The molecule has 0 saturated heterocycles. The molecule has 0 aromatic carbocycles. The van der Waals surface area contributed by atoms with Crippen LogP contribution in [-0.4, -0.2) is 16.8 Å². The third-order valence-electron chi connectivity index (χ3n) is 2.99. The van der Waals surface area contributed by atoms with Crippen LogP contribution in [-0.2, 0) is 13.5 Å². The quantitative estimate of drug-likeness (QED) is 0.902. The van der Waals surface area contributed by atoms with E-state index in [0.717, 1.165) is 6.42 Å². The standard InChI is InChI=1S/C13H19N3S/c1-5-11-10(8-16(4)15-11)13-7-6-12(17-13)9(2)14-3/h6-9,14H,5H2,1-4H3. The highest BCUT2D eigenvalue weighted by atomic mass is 32.1. The van der Waals surface area contributed by atoms with Crippen molar-refractivity contribution < 1.29 is 0 Å². The molecule has 0 aliphatic heterocycles. The molecule has 2 rings (SSSR count). The van der Waals surface area contributed by atoms with E-state index in [1.807, 2.05) is 30.1 Å². The van der Waals surface area contributed by atoms with E-state index in [0.29, 0.717) is 6.04 Å². The van der Waals surface area contributed by atoms with Gasteiger partial charge in [-0.3, -0.25) is 4.68 Å². The predicted octanol–water partition coefficient (Wildman–Crippen LogP) is 2.99. The summed E-state index contributed by atoms with van der Waals surface area (Å²) in [5, 5.41) is 7.76. The molecule has 0 saturated carbocycles. The maximum absolute atomic E-state index is 4.49. The lowest BCUT2D eigenvalue weighted by molar-refractivity contribution is 0.664. The van der Waals surface area contributed by atoms with Crippen LogP contribution in [0.5, 0.6) is 0 Å². The number of aromatic nitrogens is 2. The SMILES string of the molecule is CCc1nn(C)cc1-c1ccc(C(C)NC)s1. The van der Waals surface area contributed by atoms with Crippen LogP contribution in [0.25, 0.3) is 10.4 Å². The summed E-state index contributed by atoms with van der Waals surface area (Å²) in [6.45, 7) is 4.33. The summed E-state index contributed by atoms with van der Waals surface area (Å²) in [5.74, 6) is 0. The Morgan fingerprint density at radius 3 is 2.88 bits per heavy atom. The lowest BCUT2D eigenvalue weighted by Gasteiger charge is -2.05. The van der Waals surface area contributed by atoms with E-state index in [-0.39, 0.29) is 0 Å². The Morgan fingerprint density at radius 2 is 2.24 bits per heavy atom. The topological polar surface area (TPSA) is 29.9 Å². The summed E-state index contributed by atoms with van der Waals surface area (Å²) in [4.78, 5) is 2.68. The first kappa shape index (κ1) is 12.3. The Bertz CT molecular complexity index is 498. The first-order chi connectivity index (χ1) is 8.15. The lowest BCUT2D eigenvalue weighted by Crippen LogP contribution is -2.10. The van der Waals surface area contributed by atoms with Crippen LogP contribution in [0.4, 0.5) is 0 Å². The molecule has 2 aromatic heterocycles. The van der Waals surface area contributed by atoms with Crippen LogP contribution in [0, 0.1) is 0 Å². The van der Waals surface area contributed by atoms with Crippen LogP contribution in [0.2, 0.25) is 0 Å². The van der Waals surface area contributed by atoms with E-state index < -0.39 is 0 Å². The van der Waals surface area contributed by atoms with Crippen molar-refractivity contribution in [2.24, 2.45) is 7.05 Å². The zero-order valence-corrected chi connectivity index (χ0v) is 11.6. The molecule has 2 heterocycles. The average Bonchev–Trinajstić information content (AvgIpc) is 2.93. The van der Waals surface area contributed by atoms with Crippen molar-refractivity contribution in [2.75, 3.05) is 7.05 Å². The number of hydrogen-bond acceptors (Lipinski definition) is 3. The van der Waals surface area contributed by atoms with Gasteiger partial charge in [0, 0.05) is 34.6 Å². The van der Waals surface area contributed by atoms with Crippen molar-refractivity contribution in [1.82, 2.24) is 15.1 Å². The van der Waals surface area contributed by atoms with E-state index >= 15 is 0 Å². The molecule has 3 nitrogen and oxygen atoms in total. The van der Waals surface area contributed by atoms with Crippen molar-refractivity contribution in [3.63, 3.8) is 0 Å². The zero-order valence-electron chi connectivity index (χ0n) is 10.8. The molecule has 1 N–H and O–H groups in total. The summed E-state index contributed by atoms with van der Waals surface area (Å²) >= 11 is 1.85. The summed E-state index contributed by atoms with van der Waals surface area (Å²) in [5.41, 5.74) is 2.45. The van der Waals surface area contributed by atoms with Gasteiger partial charge in [0.2, 0.25) is 0 Å². The van der Waals surface area contributed by atoms with Gasteiger partial charge in [0.05, 0.1) is 5.69 Å². The lowest BCUT2D eigenvalue weighted by atomic mass is 10.2. The number of rotatable bonds is 4. The average molecular weight is 249 g/mol. The molecule has 0 fully saturated rings. The zero-order chi connectivity index (χ0) is 12.4. The van der Waals surface area contributed by atoms with Gasteiger partial charge >= 0.3 is 0 Å². The fraction of sp³-hybridized carbons (Fsp3) is 0.462. The van der Waals surface area contributed by atoms with Crippen LogP contribution in [0.1, 0.15) is 30.5 Å². The second-order valence-electron chi connectivity index (χ2n) is 4.23. The fourth-order valence-corrected chi connectivity index (χ4v) is 2.98. The van der Waals surface area contributed by atoms with Crippen molar-refractivity contribution in [2.45, 2.75) is 26.3 Å². The fourth-order valence-electron chi connectivity index (χ4n) is 1.87. The minimum atomic E-state index is 0.412. The van der Waals surface area contributed by atoms with Gasteiger partial charge in [-0.15, -0.1) is 11.3 Å². The van der Waals surface area contributed by atoms with Crippen LogP contribution in [0.3, 0.4) is 0 Å². The molecular formula is C13H19N3S. The number of hydrogen-bond donors (Lipinski definition) is 1. The Hall–Kier alpha value is -1.13. The molecule has 17 heavy (non-hydrogen) atoms. The number of aryl methyl sites for hydroxylation is 2. The van der Waals surface area contributed by atoms with E-state index in [4.69, 9.17) is 0 Å². The highest BCUT2D eigenvalue weighted by Gasteiger charge is 2.12. The van der Waals surface area contributed by atoms with Crippen LogP contribution in [0.15, 0.2) is 18.3 Å². The molecule has 1 unspecified atom stereocenters. The second-order valence-corrected chi connectivity index (χ2v) is 5.34. The first-order valence-electron chi connectivity index (χ1n) is 5.95. The van der Waals surface area contributed by atoms with Gasteiger partial charge in [0.25, 0.3) is 0 Å². The number of thiophene rings is 1. The Labute approximate surface area is 106 Å². The number of nitrogens with zero attached hydrogens (tertiary/aromatic N) is 2. The molecule has 2 aromatic rings. The Balaban J connectivity index is 2.36. The first-order valence-corrected chi connectivity index (χ1v) is 6.77. The monoisotopic (exact) mass is 249 g/mol. The minimum absolute atomic E-state index is 0.412. The van der Waals surface area contributed by atoms with Crippen molar-refractivity contribution in [1.29, 1.82) is 0 Å². The van der Waals surface area contributed by atoms with E-state index in [9.17, 15) is 0 Å². The van der Waals surface area contributed by atoms with Gasteiger partial charge in [0.15, 0.2) is 0 Å². The van der Waals surface area contributed by atoms with Gasteiger partial charge < -0.3 is 5.32 Å². The Morgan fingerprint density at radius 1 is 1.47 bits per heavy atom. The van der Waals surface area contributed by atoms with Crippen LogP contribution >= 0.6 is 11.3 Å². The highest BCUT2D eigenvalue weighted by Crippen LogP contribution is 2.33. The number of nitrogens with one attached hydrogen (secondary N) is 1. The smallest absolute Gasteiger partial charge is 0.0708 e. The van der Waals surface area contributed by atoms with Gasteiger partial charge in [-0.1, -0.05) is 6.92 Å². The van der Waals surface area contributed by atoms with Gasteiger partial charge in [-0.2, -0.15) is 5.10 Å². The van der Waals surface area contributed by atoms with Gasteiger partial charge in [-0.25, -0.2) is 0 Å². The minimum Gasteiger partial charge on any atom is -0.313 e. The van der Waals surface area contributed by atoms with Crippen molar-refractivity contribution >= 4 is 11.3 Å². The third-order valence-corrected chi connectivity index (χ3v) is 4.29. The molecule has 0 radical (unpaired) electrons. The predicted molar refractivity (Wildman–Crippen MR) is 73.4 cm³/mol. The molecule has 0 aliphatic rings. The molecule has 0 spiro atoms.